The van der Waals surface area contributed by atoms with Crippen molar-refractivity contribution in [2.75, 3.05) is 0 Å². The van der Waals surface area contributed by atoms with Gasteiger partial charge in [-0.1, -0.05) is 72.8 Å². The second-order valence-electron chi connectivity index (χ2n) is 6.20. The molecule has 2 nitrogen and oxygen atoms in total. The molecule has 0 bridgehead atoms. The van der Waals surface area contributed by atoms with Gasteiger partial charge in [0.25, 0.3) is 5.91 Å². The van der Waals surface area contributed by atoms with Gasteiger partial charge in [0.1, 0.15) is 0 Å². The molecule has 0 atom stereocenters. The Labute approximate surface area is 144 Å². The molecule has 0 N–H and O–H groups in total. The highest BCUT2D eigenvalue weighted by atomic mass is 16.2. The Morgan fingerprint density at radius 1 is 0.560 bits per heavy atom. The lowest BCUT2D eigenvalue weighted by atomic mass is 10.0. The lowest BCUT2D eigenvalue weighted by Crippen LogP contribution is -2.12. The third kappa shape index (κ3) is 2.01. The summed E-state index contributed by atoms with van der Waals surface area (Å²) in [7, 11) is 0. The van der Waals surface area contributed by atoms with Crippen molar-refractivity contribution in [3.8, 4) is 0 Å². The third-order valence-corrected chi connectivity index (χ3v) is 4.80. The zero-order valence-corrected chi connectivity index (χ0v) is 13.5. The van der Waals surface area contributed by atoms with Crippen molar-refractivity contribution in [3.05, 3.63) is 96.6 Å². The quantitative estimate of drug-likeness (QED) is 0.392. The fourth-order valence-corrected chi connectivity index (χ4v) is 3.67. The van der Waals surface area contributed by atoms with E-state index in [4.69, 9.17) is 0 Å². The Balaban J connectivity index is 1.87. The summed E-state index contributed by atoms with van der Waals surface area (Å²) in [4.78, 5) is 13.5. The topological polar surface area (TPSA) is 22.0 Å². The van der Waals surface area contributed by atoms with E-state index in [0.717, 1.165) is 38.1 Å². The zero-order valence-electron chi connectivity index (χ0n) is 13.5. The second-order valence-corrected chi connectivity index (χ2v) is 6.20. The molecule has 1 heterocycles. The normalized spacial score (nSPS) is 11.4. The largest absolute Gasteiger partial charge is 0.276 e. The van der Waals surface area contributed by atoms with E-state index in [0.29, 0.717) is 0 Å². The first-order valence-corrected chi connectivity index (χ1v) is 8.35. The minimum absolute atomic E-state index is 0.00852. The summed E-state index contributed by atoms with van der Waals surface area (Å²) >= 11 is 0. The van der Waals surface area contributed by atoms with Gasteiger partial charge < -0.3 is 0 Å². The number of rotatable bonds is 1. The molecule has 5 aromatic rings. The highest BCUT2D eigenvalue weighted by Gasteiger charge is 2.18. The highest BCUT2D eigenvalue weighted by Crippen LogP contribution is 2.30. The van der Waals surface area contributed by atoms with Crippen molar-refractivity contribution in [3.63, 3.8) is 0 Å². The van der Waals surface area contributed by atoms with Gasteiger partial charge in [0, 0.05) is 16.3 Å². The van der Waals surface area contributed by atoms with Crippen LogP contribution in [0.5, 0.6) is 0 Å². The van der Waals surface area contributed by atoms with Crippen LogP contribution in [0.1, 0.15) is 10.4 Å². The number of para-hydroxylation sites is 2. The third-order valence-electron chi connectivity index (χ3n) is 4.80. The summed E-state index contributed by atoms with van der Waals surface area (Å²) in [5.74, 6) is 0.00852. The molecule has 0 saturated carbocycles. The van der Waals surface area contributed by atoms with Crippen LogP contribution in [0.15, 0.2) is 91.0 Å². The number of carbonyl (C=O) groups is 1. The highest BCUT2D eigenvalue weighted by molar-refractivity contribution is 6.18. The molecule has 5 rings (SSSR count). The lowest BCUT2D eigenvalue weighted by molar-refractivity contribution is 0.0971. The summed E-state index contributed by atoms with van der Waals surface area (Å²) in [6.45, 7) is 0. The van der Waals surface area contributed by atoms with E-state index in [1.165, 1.54) is 0 Å². The van der Waals surface area contributed by atoms with Crippen molar-refractivity contribution in [2.24, 2.45) is 0 Å². The smallest absolute Gasteiger partial charge is 0.263 e. The summed E-state index contributed by atoms with van der Waals surface area (Å²) in [5.41, 5.74) is 2.62. The Bertz CT molecular complexity index is 1200. The molecule has 0 saturated heterocycles. The van der Waals surface area contributed by atoms with E-state index in [2.05, 4.69) is 12.1 Å². The molecule has 1 aromatic heterocycles. The molecule has 0 aliphatic rings. The van der Waals surface area contributed by atoms with E-state index in [9.17, 15) is 4.79 Å². The maximum absolute atomic E-state index is 13.5. The number of aromatic nitrogens is 1. The molecule has 2 heteroatoms. The molecular formula is C23H15NO. The van der Waals surface area contributed by atoms with Crippen molar-refractivity contribution in [1.82, 2.24) is 4.57 Å². The average molecular weight is 321 g/mol. The summed E-state index contributed by atoms with van der Waals surface area (Å²) in [6, 6.07) is 30.1. The maximum Gasteiger partial charge on any atom is 0.263 e. The van der Waals surface area contributed by atoms with Crippen LogP contribution < -0.4 is 0 Å². The summed E-state index contributed by atoms with van der Waals surface area (Å²) < 4.78 is 1.84. The fourth-order valence-electron chi connectivity index (χ4n) is 3.67. The van der Waals surface area contributed by atoms with Crippen LogP contribution in [0.3, 0.4) is 0 Å². The van der Waals surface area contributed by atoms with Crippen molar-refractivity contribution in [1.29, 1.82) is 0 Å². The number of fused-ring (bicyclic) bond motifs is 4. The predicted molar refractivity (Wildman–Crippen MR) is 103 cm³/mol. The van der Waals surface area contributed by atoms with Gasteiger partial charge in [-0.3, -0.25) is 9.36 Å². The SMILES string of the molecule is O=C(c1cccc2ccccc12)n1c2ccccc2c2ccccc21. The van der Waals surface area contributed by atoms with Crippen LogP contribution >= 0.6 is 0 Å². The first-order valence-electron chi connectivity index (χ1n) is 8.35. The van der Waals surface area contributed by atoms with E-state index >= 15 is 0 Å². The number of benzene rings is 4. The van der Waals surface area contributed by atoms with Crippen LogP contribution in [-0.4, -0.2) is 10.5 Å². The van der Waals surface area contributed by atoms with Crippen LogP contribution in [0.25, 0.3) is 32.6 Å². The molecule has 0 aliphatic heterocycles. The van der Waals surface area contributed by atoms with Crippen molar-refractivity contribution in [2.45, 2.75) is 0 Å². The Hall–Kier alpha value is -3.39. The van der Waals surface area contributed by atoms with Gasteiger partial charge in [0.2, 0.25) is 0 Å². The minimum Gasteiger partial charge on any atom is -0.276 e. The number of nitrogens with zero attached hydrogens (tertiary/aromatic N) is 1. The van der Waals surface area contributed by atoms with Crippen molar-refractivity contribution >= 4 is 38.5 Å². The minimum atomic E-state index is 0.00852. The fraction of sp³-hybridized carbons (Fsp3) is 0. The number of carbonyl (C=O) groups excluding carboxylic acids is 1. The van der Waals surface area contributed by atoms with Gasteiger partial charge in [-0.2, -0.15) is 0 Å². The monoisotopic (exact) mass is 321 g/mol. The molecule has 0 amide bonds. The average Bonchev–Trinajstić information content (AvgIpc) is 3.01. The number of hydrogen-bond acceptors (Lipinski definition) is 1. The van der Waals surface area contributed by atoms with E-state index < -0.39 is 0 Å². The van der Waals surface area contributed by atoms with Gasteiger partial charge in [-0.05, 0) is 29.0 Å². The summed E-state index contributed by atoms with van der Waals surface area (Å²) in [5, 5.41) is 4.27. The second kappa shape index (κ2) is 5.32. The molecule has 0 spiro atoms. The van der Waals surface area contributed by atoms with E-state index in [1.54, 1.807) is 0 Å². The molecule has 25 heavy (non-hydrogen) atoms. The summed E-state index contributed by atoms with van der Waals surface area (Å²) in [6.07, 6.45) is 0. The van der Waals surface area contributed by atoms with E-state index in [-0.39, 0.29) is 5.91 Å². The van der Waals surface area contributed by atoms with Crippen LogP contribution in [-0.2, 0) is 0 Å². The van der Waals surface area contributed by atoms with Crippen molar-refractivity contribution < 1.29 is 4.79 Å². The van der Waals surface area contributed by atoms with Crippen LogP contribution in [0.4, 0.5) is 0 Å². The molecule has 0 unspecified atom stereocenters. The Kier molecular flexibility index (Phi) is 2.98. The predicted octanol–water partition coefficient (Wildman–Crippen LogP) is 5.64. The first kappa shape index (κ1) is 14.0. The number of hydrogen-bond donors (Lipinski definition) is 0. The van der Waals surface area contributed by atoms with Gasteiger partial charge in [-0.25, -0.2) is 0 Å². The Morgan fingerprint density at radius 3 is 1.76 bits per heavy atom. The van der Waals surface area contributed by atoms with E-state index in [1.807, 2.05) is 83.4 Å². The lowest BCUT2D eigenvalue weighted by Gasteiger charge is -2.09. The van der Waals surface area contributed by atoms with Gasteiger partial charge in [-0.15, -0.1) is 0 Å². The van der Waals surface area contributed by atoms with Crippen LogP contribution in [0, 0.1) is 0 Å². The standard InChI is InChI=1S/C23H15NO/c25-23(20-13-7-9-16-8-1-2-10-17(16)20)24-21-14-5-3-11-18(21)19-12-4-6-15-22(19)24/h1-15H. The molecule has 4 aromatic carbocycles. The molecule has 0 aliphatic carbocycles. The van der Waals surface area contributed by atoms with Gasteiger partial charge in [0.05, 0.1) is 11.0 Å². The molecule has 0 radical (unpaired) electrons. The van der Waals surface area contributed by atoms with Gasteiger partial charge >= 0.3 is 0 Å². The Morgan fingerprint density at radius 2 is 1.08 bits per heavy atom. The zero-order chi connectivity index (χ0) is 16.8. The molecule has 0 fully saturated rings. The first-order chi connectivity index (χ1) is 12.3. The maximum atomic E-state index is 13.5. The van der Waals surface area contributed by atoms with Gasteiger partial charge in [0.15, 0.2) is 0 Å². The molecule has 118 valence electrons. The van der Waals surface area contributed by atoms with Crippen LogP contribution in [0.2, 0.25) is 0 Å². The molecular weight excluding hydrogens is 306 g/mol.